The van der Waals surface area contributed by atoms with Crippen molar-refractivity contribution in [3.63, 3.8) is 0 Å². The average molecular weight is 243 g/mol. The molecule has 0 spiro atoms. The first-order chi connectivity index (χ1) is 8.81. The lowest BCUT2D eigenvalue weighted by Crippen LogP contribution is -2.43. The number of nitriles is 1. The standard InChI is InChI=1S/C12H13N5O/c1-8-7-18-5-4-17(8)10-2-3-14-12-11(10)9(6-13)15-16-12/h2-3,8H,4-5,7H2,1H3,(H,14,15,16)/t8-/m1/s1. The number of pyridine rings is 1. The van der Waals surface area contributed by atoms with E-state index in [1.165, 1.54) is 0 Å². The molecular formula is C12H13N5O. The monoisotopic (exact) mass is 243 g/mol. The summed E-state index contributed by atoms with van der Waals surface area (Å²) in [7, 11) is 0. The third-order valence-electron chi connectivity index (χ3n) is 3.22. The first kappa shape index (κ1) is 11.0. The second kappa shape index (κ2) is 4.27. The van der Waals surface area contributed by atoms with E-state index >= 15 is 0 Å². The maximum Gasteiger partial charge on any atom is 0.184 e. The minimum Gasteiger partial charge on any atom is -0.377 e. The average Bonchev–Trinajstić information content (AvgIpc) is 2.82. The minimum atomic E-state index is 0.283. The molecule has 1 fully saturated rings. The Labute approximate surface area is 104 Å². The minimum absolute atomic E-state index is 0.283. The van der Waals surface area contributed by atoms with E-state index in [-0.39, 0.29) is 6.04 Å². The molecule has 3 rings (SSSR count). The van der Waals surface area contributed by atoms with Gasteiger partial charge >= 0.3 is 0 Å². The highest BCUT2D eigenvalue weighted by molar-refractivity contribution is 5.93. The summed E-state index contributed by atoms with van der Waals surface area (Å²) in [5.41, 5.74) is 2.05. The molecule has 0 radical (unpaired) electrons. The first-order valence-electron chi connectivity index (χ1n) is 5.89. The van der Waals surface area contributed by atoms with Crippen molar-refractivity contribution >= 4 is 16.7 Å². The van der Waals surface area contributed by atoms with E-state index in [1.54, 1.807) is 6.20 Å². The number of nitrogens with zero attached hydrogens (tertiary/aromatic N) is 4. The Morgan fingerprint density at radius 2 is 2.50 bits per heavy atom. The fourth-order valence-corrected chi connectivity index (χ4v) is 2.34. The zero-order valence-electron chi connectivity index (χ0n) is 10.1. The number of rotatable bonds is 1. The highest BCUT2D eigenvalue weighted by Gasteiger charge is 2.23. The number of anilines is 1. The molecule has 1 saturated heterocycles. The third kappa shape index (κ3) is 1.60. The van der Waals surface area contributed by atoms with E-state index in [0.717, 1.165) is 17.6 Å². The fraction of sp³-hybridized carbons (Fsp3) is 0.417. The van der Waals surface area contributed by atoms with E-state index in [9.17, 15) is 0 Å². The van der Waals surface area contributed by atoms with Gasteiger partial charge < -0.3 is 9.64 Å². The molecule has 0 amide bonds. The lowest BCUT2D eigenvalue weighted by Gasteiger charge is -2.35. The van der Waals surface area contributed by atoms with Crippen molar-refractivity contribution in [3.8, 4) is 6.07 Å². The van der Waals surface area contributed by atoms with Crippen LogP contribution in [0.5, 0.6) is 0 Å². The summed E-state index contributed by atoms with van der Waals surface area (Å²) in [6.07, 6.45) is 1.72. The number of hydrogen-bond donors (Lipinski definition) is 1. The Balaban J connectivity index is 2.16. The SMILES string of the molecule is C[C@@H]1COCCN1c1ccnc2n[nH]c(C#N)c12. The Bertz CT molecular complexity index is 614. The summed E-state index contributed by atoms with van der Waals surface area (Å²) in [4.78, 5) is 6.42. The first-order valence-corrected chi connectivity index (χ1v) is 5.89. The molecule has 0 bridgehead atoms. The molecule has 0 unspecified atom stereocenters. The van der Waals surface area contributed by atoms with Gasteiger partial charge in [-0.05, 0) is 13.0 Å². The second-order valence-corrected chi connectivity index (χ2v) is 4.36. The van der Waals surface area contributed by atoms with Crippen molar-refractivity contribution in [3.05, 3.63) is 18.0 Å². The zero-order valence-corrected chi connectivity index (χ0v) is 10.1. The highest BCUT2D eigenvalue weighted by atomic mass is 16.5. The van der Waals surface area contributed by atoms with Gasteiger partial charge in [0.25, 0.3) is 0 Å². The van der Waals surface area contributed by atoms with Crippen molar-refractivity contribution in [2.24, 2.45) is 0 Å². The van der Waals surface area contributed by atoms with Gasteiger partial charge in [0, 0.05) is 18.8 Å². The molecule has 2 aromatic rings. The molecule has 1 aliphatic heterocycles. The summed E-state index contributed by atoms with van der Waals surface area (Å²) in [6, 6.07) is 4.34. The van der Waals surface area contributed by atoms with E-state index in [4.69, 9.17) is 10.00 Å². The molecular weight excluding hydrogens is 230 g/mol. The van der Waals surface area contributed by atoms with Crippen LogP contribution in [0.1, 0.15) is 12.6 Å². The van der Waals surface area contributed by atoms with Gasteiger partial charge in [0.15, 0.2) is 5.65 Å². The number of aromatic amines is 1. The highest BCUT2D eigenvalue weighted by Crippen LogP contribution is 2.29. The van der Waals surface area contributed by atoms with Crippen LogP contribution in [-0.2, 0) is 4.74 Å². The number of nitrogens with one attached hydrogen (secondary N) is 1. The lowest BCUT2D eigenvalue weighted by molar-refractivity contribution is 0.0991. The molecule has 6 heteroatoms. The number of aromatic nitrogens is 3. The maximum absolute atomic E-state index is 9.12. The fourth-order valence-electron chi connectivity index (χ4n) is 2.34. The van der Waals surface area contributed by atoms with E-state index in [0.29, 0.717) is 24.6 Å². The molecule has 18 heavy (non-hydrogen) atoms. The van der Waals surface area contributed by atoms with Crippen molar-refractivity contribution in [1.82, 2.24) is 15.2 Å². The van der Waals surface area contributed by atoms with Crippen LogP contribution in [-0.4, -0.2) is 41.0 Å². The number of morpholine rings is 1. The summed E-state index contributed by atoms with van der Waals surface area (Å²) in [5.74, 6) is 0. The van der Waals surface area contributed by atoms with Crippen LogP contribution in [0.15, 0.2) is 12.3 Å². The van der Waals surface area contributed by atoms with Crippen molar-refractivity contribution in [2.75, 3.05) is 24.7 Å². The number of H-pyrrole nitrogens is 1. The number of hydrogen-bond acceptors (Lipinski definition) is 5. The summed E-state index contributed by atoms with van der Waals surface area (Å²) in [5, 5.41) is 16.7. The Morgan fingerprint density at radius 1 is 1.61 bits per heavy atom. The Morgan fingerprint density at radius 3 is 3.28 bits per heavy atom. The summed E-state index contributed by atoms with van der Waals surface area (Å²) < 4.78 is 5.44. The van der Waals surface area contributed by atoms with E-state index in [2.05, 4.69) is 33.1 Å². The van der Waals surface area contributed by atoms with Crippen LogP contribution < -0.4 is 4.90 Å². The molecule has 6 nitrogen and oxygen atoms in total. The van der Waals surface area contributed by atoms with Crippen LogP contribution in [0, 0.1) is 11.3 Å². The molecule has 1 atom stereocenters. The van der Waals surface area contributed by atoms with Crippen molar-refractivity contribution in [2.45, 2.75) is 13.0 Å². The summed E-state index contributed by atoms with van der Waals surface area (Å²) >= 11 is 0. The third-order valence-corrected chi connectivity index (χ3v) is 3.22. The maximum atomic E-state index is 9.12. The molecule has 1 N–H and O–H groups in total. The Kier molecular flexibility index (Phi) is 2.61. The van der Waals surface area contributed by atoms with Crippen LogP contribution in [0.25, 0.3) is 11.0 Å². The van der Waals surface area contributed by atoms with Gasteiger partial charge in [-0.25, -0.2) is 4.98 Å². The van der Waals surface area contributed by atoms with Crippen LogP contribution >= 0.6 is 0 Å². The van der Waals surface area contributed by atoms with Crippen LogP contribution in [0.2, 0.25) is 0 Å². The van der Waals surface area contributed by atoms with Gasteiger partial charge in [0.2, 0.25) is 0 Å². The molecule has 1 aliphatic rings. The van der Waals surface area contributed by atoms with Gasteiger partial charge in [-0.1, -0.05) is 0 Å². The predicted molar refractivity (Wildman–Crippen MR) is 66.2 cm³/mol. The largest absolute Gasteiger partial charge is 0.377 e. The summed E-state index contributed by atoms with van der Waals surface area (Å²) in [6.45, 7) is 4.32. The predicted octanol–water partition coefficient (Wildman–Crippen LogP) is 1.05. The Hall–Kier alpha value is -2.13. The van der Waals surface area contributed by atoms with Gasteiger partial charge in [0.05, 0.1) is 24.3 Å². The van der Waals surface area contributed by atoms with Crippen LogP contribution in [0.4, 0.5) is 5.69 Å². The zero-order chi connectivity index (χ0) is 12.5. The van der Waals surface area contributed by atoms with E-state index in [1.807, 2.05) is 6.07 Å². The van der Waals surface area contributed by atoms with Gasteiger partial charge in [0.1, 0.15) is 11.8 Å². The number of ether oxygens (including phenoxy) is 1. The topological polar surface area (TPSA) is 77.8 Å². The lowest BCUT2D eigenvalue weighted by atomic mass is 10.1. The van der Waals surface area contributed by atoms with E-state index < -0.39 is 0 Å². The molecule has 0 aliphatic carbocycles. The van der Waals surface area contributed by atoms with Gasteiger partial charge in [-0.2, -0.15) is 10.4 Å². The van der Waals surface area contributed by atoms with Crippen LogP contribution in [0.3, 0.4) is 0 Å². The molecule has 0 saturated carbocycles. The van der Waals surface area contributed by atoms with Crippen molar-refractivity contribution < 1.29 is 4.74 Å². The molecule has 2 aromatic heterocycles. The van der Waals surface area contributed by atoms with Crippen molar-refractivity contribution in [1.29, 1.82) is 5.26 Å². The number of fused-ring (bicyclic) bond motifs is 1. The molecule has 92 valence electrons. The normalized spacial score (nSPS) is 20.0. The van der Waals surface area contributed by atoms with Gasteiger partial charge in [-0.3, -0.25) is 5.10 Å². The second-order valence-electron chi connectivity index (χ2n) is 4.36. The van der Waals surface area contributed by atoms with Gasteiger partial charge in [-0.15, -0.1) is 0 Å². The molecule has 3 heterocycles. The quantitative estimate of drug-likeness (QED) is 0.810. The molecule has 0 aromatic carbocycles. The smallest absolute Gasteiger partial charge is 0.184 e.